The summed E-state index contributed by atoms with van der Waals surface area (Å²) in [5.41, 5.74) is 0.891. The van der Waals surface area contributed by atoms with E-state index in [0.717, 1.165) is 0 Å². The monoisotopic (exact) mass is 307 g/mol. The normalized spacial score (nSPS) is 10.9. The SMILES string of the molecule is COC(=O)c1ccc2c(c1)oc(=O)n2CC(=O)OCC(C)C. The van der Waals surface area contributed by atoms with Crippen LogP contribution in [-0.2, 0) is 20.8 Å². The maximum Gasteiger partial charge on any atom is 0.420 e. The van der Waals surface area contributed by atoms with Gasteiger partial charge in [0.05, 0.1) is 24.8 Å². The van der Waals surface area contributed by atoms with Crippen molar-refractivity contribution in [3.05, 3.63) is 34.3 Å². The quantitative estimate of drug-likeness (QED) is 0.779. The van der Waals surface area contributed by atoms with Crippen molar-refractivity contribution in [1.29, 1.82) is 0 Å². The summed E-state index contributed by atoms with van der Waals surface area (Å²) in [6.45, 7) is 3.88. The first kappa shape index (κ1) is 15.8. The minimum atomic E-state index is -0.682. The molecule has 7 nitrogen and oxygen atoms in total. The third kappa shape index (κ3) is 3.36. The maximum absolute atomic E-state index is 11.8. The predicted molar refractivity (Wildman–Crippen MR) is 77.6 cm³/mol. The molecule has 0 amide bonds. The Bertz CT molecular complexity index is 755. The van der Waals surface area contributed by atoms with E-state index in [-0.39, 0.29) is 30.2 Å². The molecular weight excluding hydrogens is 290 g/mol. The first-order chi connectivity index (χ1) is 10.4. The number of carbonyl (C=O) groups is 2. The number of fused-ring (bicyclic) bond motifs is 1. The lowest BCUT2D eigenvalue weighted by Crippen LogP contribution is -2.22. The Labute approximate surface area is 126 Å². The van der Waals surface area contributed by atoms with Gasteiger partial charge >= 0.3 is 17.7 Å². The van der Waals surface area contributed by atoms with Gasteiger partial charge in [0.2, 0.25) is 0 Å². The van der Waals surface area contributed by atoms with Crippen molar-refractivity contribution >= 4 is 23.0 Å². The molecule has 22 heavy (non-hydrogen) atoms. The number of oxazole rings is 1. The van der Waals surface area contributed by atoms with Gasteiger partial charge in [0, 0.05) is 0 Å². The molecule has 1 aromatic heterocycles. The van der Waals surface area contributed by atoms with E-state index in [1.807, 2.05) is 13.8 Å². The van der Waals surface area contributed by atoms with Crippen LogP contribution in [-0.4, -0.2) is 30.2 Å². The second kappa shape index (κ2) is 6.46. The summed E-state index contributed by atoms with van der Waals surface area (Å²) in [6.07, 6.45) is 0. The van der Waals surface area contributed by atoms with Gasteiger partial charge in [0.1, 0.15) is 6.54 Å². The van der Waals surface area contributed by atoms with E-state index in [4.69, 9.17) is 9.15 Å². The molecule has 1 heterocycles. The number of rotatable bonds is 5. The third-order valence-electron chi connectivity index (χ3n) is 2.95. The average molecular weight is 307 g/mol. The van der Waals surface area contributed by atoms with E-state index in [1.54, 1.807) is 0 Å². The molecule has 7 heteroatoms. The van der Waals surface area contributed by atoms with Gasteiger partial charge in [-0.2, -0.15) is 0 Å². The second-order valence-electron chi connectivity index (χ2n) is 5.21. The molecule has 0 radical (unpaired) electrons. The van der Waals surface area contributed by atoms with Gasteiger partial charge in [0.15, 0.2) is 5.58 Å². The van der Waals surface area contributed by atoms with Gasteiger partial charge < -0.3 is 13.9 Å². The van der Waals surface area contributed by atoms with E-state index < -0.39 is 17.7 Å². The van der Waals surface area contributed by atoms with Gasteiger partial charge in [-0.3, -0.25) is 9.36 Å². The molecule has 0 aliphatic rings. The number of esters is 2. The molecule has 0 bridgehead atoms. The predicted octanol–water partition coefficient (Wildman–Crippen LogP) is 1.58. The fraction of sp³-hybridized carbons (Fsp3) is 0.400. The number of aromatic nitrogens is 1. The number of benzene rings is 1. The molecule has 0 N–H and O–H groups in total. The highest BCUT2D eigenvalue weighted by Gasteiger charge is 2.16. The van der Waals surface area contributed by atoms with Crippen LogP contribution >= 0.6 is 0 Å². The zero-order valence-corrected chi connectivity index (χ0v) is 12.6. The van der Waals surface area contributed by atoms with E-state index in [1.165, 1.54) is 29.9 Å². The molecule has 0 saturated carbocycles. The molecule has 0 unspecified atom stereocenters. The van der Waals surface area contributed by atoms with Crippen molar-refractivity contribution < 1.29 is 23.5 Å². The van der Waals surface area contributed by atoms with Gasteiger partial charge in [-0.15, -0.1) is 0 Å². The van der Waals surface area contributed by atoms with E-state index in [9.17, 15) is 14.4 Å². The minimum Gasteiger partial charge on any atom is -0.465 e. The van der Waals surface area contributed by atoms with Gasteiger partial charge in [-0.05, 0) is 24.1 Å². The topological polar surface area (TPSA) is 87.7 Å². The molecule has 0 saturated heterocycles. The Balaban J connectivity index is 2.27. The van der Waals surface area contributed by atoms with Gasteiger partial charge in [0.25, 0.3) is 0 Å². The lowest BCUT2D eigenvalue weighted by Gasteiger charge is -2.07. The molecule has 0 atom stereocenters. The molecule has 1 aromatic carbocycles. The molecule has 0 aliphatic carbocycles. The second-order valence-corrected chi connectivity index (χ2v) is 5.21. The third-order valence-corrected chi connectivity index (χ3v) is 2.95. The first-order valence-corrected chi connectivity index (χ1v) is 6.79. The van der Waals surface area contributed by atoms with Crippen LogP contribution in [0, 0.1) is 5.92 Å². The molecule has 0 spiro atoms. The highest BCUT2D eigenvalue weighted by atomic mass is 16.5. The van der Waals surface area contributed by atoms with Gasteiger partial charge in [-0.1, -0.05) is 13.8 Å². The summed E-state index contributed by atoms with van der Waals surface area (Å²) in [6, 6.07) is 4.43. The number of hydrogen-bond acceptors (Lipinski definition) is 6. The average Bonchev–Trinajstić information content (AvgIpc) is 2.79. The highest BCUT2D eigenvalue weighted by Crippen LogP contribution is 2.16. The van der Waals surface area contributed by atoms with Crippen molar-refractivity contribution in [1.82, 2.24) is 4.57 Å². The first-order valence-electron chi connectivity index (χ1n) is 6.79. The number of ether oxygens (including phenoxy) is 2. The van der Waals surface area contributed by atoms with Crippen molar-refractivity contribution in [2.75, 3.05) is 13.7 Å². The van der Waals surface area contributed by atoms with E-state index in [0.29, 0.717) is 5.52 Å². The Morgan fingerprint density at radius 2 is 2.05 bits per heavy atom. The molecular formula is C15H17NO6. The number of methoxy groups -OCH3 is 1. The Morgan fingerprint density at radius 3 is 2.68 bits per heavy atom. The Kier molecular flexibility index (Phi) is 4.65. The summed E-state index contributed by atoms with van der Waals surface area (Å²) < 4.78 is 15.9. The summed E-state index contributed by atoms with van der Waals surface area (Å²) in [5.74, 6) is -1.52. The highest BCUT2D eigenvalue weighted by molar-refractivity contribution is 5.93. The molecule has 118 valence electrons. The van der Waals surface area contributed by atoms with Crippen LogP contribution in [0.2, 0.25) is 0 Å². The lowest BCUT2D eigenvalue weighted by molar-refractivity contribution is -0.145. The molecule has 2 aromatic rings. The summed E-state index contributed by atoms with van der Waals surface area (Å²) >= 11 is 0. The molecule has 0 fully saturated rings. The van der Waals surface area contributed by atoms with Crippen LogP contribution < -0.4 is 5.76 Å². The van der Waals surface area contributed by atoms with Crippen molar-refractivity contribution in [3.8, 4) is 0 Å². The largest absolute Gasteiger partial charge is 0.465 e. The van der Waals surface area contributed by atoms with E-state index >= 15 is 0 Å². The van der Waals surface area contributed by atoms with Crippen LogP contribution in [0.3, 0.4) is 0 Å². The Morgan fingerprint density at radius 1 is 1.32 bits per heavy atom. The summed E-state index contributed by atoms with van der Waals surface area (Å²) in [5, 5.41) is 0. The smallest absolute Gasteiger partial charge is 0.420 e. The van der Waals surface area contributed by atoms with Crippen LogP contribution in [0.5, 0.6) is 0 Å². The summed E-state index contributed by atoms with van der Waals surface area (Å²) in [7, 11) is 1.26. The zero-order chi connectivity index (χ0) is 16.3. The van der Waals surface area contributed by atoms with Crippen LogP contribution in [0.1, 0.15) is 24.2 Å². The standard InChI is InChI=1S/C15H17NO6/c1-9(2)8-21-13(17)7-16-11-5-4-10(14(18)20-3)6-12(11)22-15(16)19/h4-6,9H,7-8H2,1-3H3. The Hall–Kier alpha value is -2.57. The van der Waals surface area contributed by atoms with Crippen molar-refractivity contribution in [3.63, 3.8) is 0 Å². The van der Waals surface area contributed by atoms with Crippen LogP contribution in [0.4, 0.5) is 0 Å². The minimum absolute atomic E-state index is 0.212. The summed E-state index contributed by atoms with van der Waals surface area (Å²) in [4.78, 5) is 35.0. The van der Waals surface area contributed by atoms with E-state index in [2.05, 4.69) is 4.74 Å². The lowest BCUT2D eigenvalue weighted by atomic mass is 10.2. The maximum atomic E-state index is 11.8. The van der Waals surface area contributed by atoms with Crippen molar-refractivity contribution in [2.45, 2.75) is 20.4 Å². The fourth-order valence-corrected chi connectivity index (χ4v) is 1.90. The number of carbonyl (C=O) groups excluding carboxylic acids is 2. The molecule has 2 rings (SSSR count). The number of hydrogen-bond donors (Lipinski definition) is 0. The number of nitrogens with zero attached hydrogens (tertiary/aromatic N) is 1. The fourth-order valence-electron chi connectivity index (χ4n) is 1.90. The van der Waals surface area contributed by atoms with Crippen LogP contribution in [0.25, 0.3) is 11.1 Å². The van der Waals surface area contributed by atoms with Gasteiger partial charge in [-0.25, -0.2) is 9.59 Å². The van der Waals surface area contributed by atoms with Crippen molar-refractivity contribution in [2.24, 2.45) is 5.92 Å². The molecule has 0 aliphatic heterocycles. The van der Waals surface area contributed by atoms with Crippen LogP contribution in [0.15, 0.2) is 27.4 Å². The zero-order valence-electron chi connectivity index (χ0n) is 12.6.